The number of para-hydroxylation sites is 1. The van der Waals surface area contributed by atoms with E-state index >= 15 is 0 Å². The second-order valence-corrected chi connectivity index (χ2v) is 5.55. The Bertz CT molecular complexity index is 780. The minimum atomic E-state index is -0.451. The second-order valence-electron chi connectivity index (χ2n) is 4.26. The molecule has 8 heteroatoms. The molecule has 0 saturated heterocycles. The zero-order chi connectivity index (χ0) is 15.0. The van der Waals surface area contributed by atoms with Crippen LogP contribution in [0.15, 0.2) is 40.9 Å². The Labute approximate surface area is 132 Å². The van der Waals surface area contributed by atoms with E-state index in [9.17, 15) is 4.39 Å². The summed E-state index contributed by atoms with van der Waals surface area (Å²) in [4.78, 5) is 0. The number of rotatable bonds is 2. The molecule has 0 aliphatic rings. The van der Waals surface area contributed by atoms with Crippen molar-refractivity contribution in [3.8, 4) is 17.1 Å². The molecule has 2 aromatic carbocycles. The number of nitrogens with two attached hydrogens (primary N) is 1. The van der Waals surface area contributed by atoms with Crippen LogP contribution in [0.4, 0.5) is 10.1 Å². The molecule has 0 saturated carbocycles. The Hall–Kier alpha value is -1.99. The highest BCUT2D eigenvalue weighted by atomic mass is 79.9. The van der Waals surface area contributed by atoms with Crippen molar-refractivity contribution in [1.82, 2.24) is 20.2 Å². The fourth-order valence-electron chi connectivity index (χ4n) is 1.95. The monoisotopic (exact) mass is 367 g/mol. The number of anilines is 1. The van der Waals surface area contributed by atoms with Gasteiger partial charge >= 0.3 is 0 Å². The fourth-order valence-corrected chi connectivity index (χ4v) is 2.70. The van der Waals surface area contributed by atoms with Crippen molar-refractivity contribution in [1.29, 1.82) is 0 Å². The van der Waals surface area contributed by atoms with Crippen molar-refractivity contribution < 1.29 is 4.39 Å². The molecule has 0 aliphatic heterocycles. The van der Waals surface area contributed by atoms with Crippen molar-refractivity contribution in [2.24, 2.45) is 0 Å². The minimum Gasteiger partial charge on any atom is -0.399 e. The van der Waals surface area contributed by atoms with Gasteiger partial charge in [-0.15, -0.1) is 5.10 Å². The van der Waals surface area contributed by atoms with Crippen LogP contribution >= 0.6 is 27.5 Å². The van der Waals surface area contributed by atoms with Crippen LogP contribution in [-0.4, -0.2) is 20.2 Å². The third kappa shape index (κ3) is 2.62. The van der Waals surface area contributed by atoms with E-state index in [2.05, 4.69) is 31.5 Å². The van der Waals surface area contributed by atoms with Crippen LogP contribution in [0, 0.1) is 5.82 Å². The molecule has 106 valence electrons. The molecule has 0 aliphatic carbocycles. The first-order valence-electron chi connectivity index (χ1n) is 5.85. The fraction of sp³-hybridized carbons (Fsp3) is 0. The molecule has 21 heavy (non-hydrogen) atoms. The van der Waals surface area contributed by atoms with Gasteiger partial charge in [-0.05, 0) is 56.7 Å². The van der Waals surface area contributed by atoms with Crippen LogP contribution in [0.2, 0.25) is 5.02 Å². The summed E-state index contributed by atoms with van der Waals surface area (Å²) in [7, 11) is 0. The van der Waals surface area contributed by atoms with Gasteiger partial charge in [-0.3, -0.25) is 0 Å². The Balaban J connectivity index is 2.22. The first-order chi connectivity index (χ1) is 10.1. The molecule has 0 atom stereocenters. The predicted molar refractivity (Wildman–Crippen MR) is 81.7 cm³/mol. The topological polar surface area (TPSA) is 69.6 Å². The number of nitrogen functional groups attached to an aromatic ring is 1. The molecule has 1 aromatic heterocycles. The SMILES string of the molecule is Nc1cc(Cl)cc(-c2nnnn2-c2c(F)cccc2Br)c1. The van der Waals surface area contributed by atoms with Crippen molar-refractivity contribution >= 4 is 33.2 Å². The summed E-state index contributed by atoms with van der Waals surface area (Å²) in [5.41, 5.74) is 7.06. The van der Waals surface area contributed by atoms with Gasteiger partial charge in [0.2, 0.25) is 0 Å². The molecule has 0 radical (unpaired) electrons. The molecule has 2 N–H and O–H groups in total. The minimum absolute atomic E-state index is 0.219. The molecule has 0 bridgehead atoms. The molecular weight excluding hydrogens is 361 g/mol. The van der Waals surface area contributed by atoms with Gasteiger partial charge in [-0.1, -0.05) is 17.7 Å². The number of halogens is 3. The van der Waals surface area contributed by atoms with Crippen molar-refractivity contribution in [3.63, 3.8) is 0 Å². The van der Waals surface area contributed by atoms with Crippen molar-refractivity contribution in [2.75, 3.05) is 5.73 Å². The second kappa shape index (κ2) is 5.42. The Morgan fingerprint density at radius 1 is 1.24 bits per heavy atom. The molecule has 3 aromatic rings. The number of hydrogen-bond acceptors (Lipinski definition) is 4. The van der Waals surface area contributed by atoms with Crippen LogP contribution in [0.3, 0.4) is 0 Å². The highest BCUT2D eigenvalue weighted by Crippen LogP contribution is 2.29. The van der Waals surface area contributed by atoms with E-state index in [1.165, 1.54) is 10.7 Å². The normalized spacial score (nSPS) is 10.8. The first-order valence-corrected chi connectivity index (χ1v) is 7.02. The Morgan fingerprint density at radius 2 is 2.05 bits per heavy atom. The van der Waals surface area contributed by atoms with Gasteiger partial charge in [-0.25, -0.2) is 4.39 Å². The zero-order valence-electron chi connectivity index (χ0n) is 10.5. The van der Waals surface area contributed by atoms with Gasteiger partial charge in [-0.2, -0.15) is 4.68 Å². The standard InChI is InChI=1S/C13H8BrClFN5/c14-10-2-1-3-11(16)12(10)21-13(18-19-20-21)7-4-8(15)6-9(17)5-7/h1-6H,17H2. The largest absolute Gasteiger partial charge is 0.399 e. The average Bonchev–Trinajstić information content (AvgIpc) is 2.86. The third-order valence-electron chi connectivity index (χ3n) is 2.80. The highest BCUT2D eigenvalue weighted by molar-refractivity contribution is 9.10. The van der Waals surface area contributed by atoms with Crippen LogP contribution in [0.25, 0.3) is 17.1 Å². The van der Waals surface area contributed by atoms with Crippen LogP contribution in [0.1, 0.15) is 0 Å². The van der Waals surface area contributed by atoms with E-state index in [1.54, 1.807) is 30.3 Å². The zero-order valence-corrected chi connectivity index (χ0v) is 12.8. The quantitative estimate of drug-likeness (QED) is 0.703. The third-order valence-corrected chi connectivity index (χ3v) is 3.66. The summed E-state index contributed by atoms with van der Waals surface area (Å²) in [6, 6.07) is 9.56. The van der Waals surface area contributed by atoms with E-state index < -0.39 is 5.82 Å². The smallest absolute Gasteiger partial charge is 0.187 e. The summed E-state index contributed by atoms with van der Waals surface area (Å²) in [5.74, 6) is -0.108. The van der Waals surface area contributed by atoms with Gasteiger partial charge in [0.1, 0.15) is 11.5 Å². The summed E-state index contributed by atoms with van der Waals surface area (Å²) in [5, 5.41) is 11.8. The maximum Gasteiger partial charge on any atom is 0.187 e. The highest BCUT2D eigenvalue weighted by Gasteiger charge is 2.17. The number of benzene rings is 2. The molecule has 0 amide bonds. The molecule has 1 heterocycles. The molecular formula is C13H8BrClFN5. The van der Waals surface area contributed by atoms with Crippen molar-refractivity contribution in [2.45, 2.75) is 0 Å². The number of hydrogen-bond donors (Lipinski definition) is 1. The number of tetrazole rings is 1. The van der Waals surface area contributed by atoms with Gasteiger partial charge in [0.05, 0.1) is 0 Å². The Morgan fingerprint density at radius 3 is 2.76 bits per heavy atom. The van der Waals surface area contributed by atoms with E-state index in [-0.39, 0.29) is 5.69 Å². The lowest BCUT2D eigenvalue weighted by Crippen LogP contribution is -2.04. The molecule has 0 unspecified atom stereocenters. The van der Waals surface area contributed by atoms with Gasteiger partial charge in [0.15, 0.2) is 5.82 Å². The van der Waals surface area contributed by atoms with Gasteiger partial charge in [0, 0.05) is 20.7 Å². The molecule has 0 fully saturated rings. The average molecular weight is 369 g/mol. The van der Waals surface area contributed by atoms with Crippen LogP contribution < -0.4 is 5.73 Å². The predicted octanol–water partition coefficient (Wildman–Crippen LogP) is 3.47. The lowest BCUT2D eigenvalue weighted by Gasteiger charge is -2.08. The van der Waals surface area contributed by atoms with E-state index in [1.807, 2.05) is 0 Å². The number of nitrogens with zero attached hydrogens (tertiary/aromatic N) is 4. The summed E-state index contributed by atoms with van der Waals surface area (Å²) in [6.45, 7) is 0. The lowest BCUT2D eigenvalue weighted by atomic mass is 10.2. The summed E-state index contributed by atoms with van der Waals surface area (Å²) in [6.07, 6.45) is 0. The Kier molecular flexibility index (Phi) is 3.60. The molecule has 5 nitrogen and oxygen atoms in total. The van der Waals surface area contributed by atoms with E-state index in [0.29, 0.717) is 26.6 Å². The first kappa shape index (κ1) is 14.0. The molecule has 0 spiro atoms. The summed E-state index contributed by atoms with van der Waals surface area (Å²) >= 11 is 9.28. The maximum atomic E-state index is 14.1. The van der Waals surface area contributed by atoms with Gasteiger partial charge in [0.25, 0.3) is 0 Å². The van der Waals surface area contributed by atoms with E-state index in [0.717, 1.165) is 0 Å². The molecule has 3 rings (SSSR count). The maximum absolute atomic E-state index is 14.1. The van der Waals surface area contributed by atoms with Crippen molar-refractivity contribution in [3.05, 3.63) is 51.7 Å². The van der Waals surface area contributed by atoms with Gasteiger partial charge < -0.3 is 5.73 Å². The van der Waals surface area contributed by atoms with Crippen LogP contribution in [0.5, 0.6) is 0 Å². The van der Waals surface area contributed by atoms with E-state index in [4.69, 9.17) is 17.3 Å². The van der Waals surface area contributed by atoms with Crippen LogP contribution in [-0.2, 0) is 0 Å². The lowest BCUT2D eigenvalue weighted by molar-refractivity contribution is 0.606. The number of aromatic nitrogens is 4. The summed E-state index contributed by atoms with van der Waals surface area (Å²) < 4.78 is 15.9.